The number of anilines is 1. The Kier molecular flexibility index (Phi) is 12.1. The highest BCUT2D eigenvalue weighted by Gasteiger charge is 2.35. The van der Waals surface area contributed by atoms with Gasteiger partial charge in [0.05, 0.1) is 10.6 Å². The van der Waals surface area contributed by atoms with Crippen LogP contribution in [-0.2, 0) is 32.6 Å². The minimum Gasteiger partial charge on any atom is -0.354 e. The molecule has 1 N–H and O–H groups in total. The van der Waals surface area contributed by atoms with E-state index in [1.165, 1.54) is 17.0 Å². The van der Waals surface area contributed by atoms with E-state index in [9.17, 15) is 18.0 Å². The molecule has 0 bridgehead atoms. The normalized spacial score (nSPS) is 12.1. The van der Waals surface area contributed by atoms with Gasteiger partial charge in [-0.15, -0.1) is 0 Å². The van der Waals surface area contributed by atoms with Crippen molar-refractivity contribution in [3.63, 3.8) is 0 Å². The third-order valence-electron chi connectivity index (χ3n) is 7.62. The Hall–Kier alpha value is -3.66. The zero-order valence-electron chi connectivity index (χ0n) is 26.4. The van der Waals surface area contributed by atoms with Gasteiger partial charge in [-0.1, -0.05) is 108 Å². The van der Waals surface area contributed by atoms with Crippen molar-refractivity contribution in [2.24, 2.45) is 5.92 Å². The minimum absolute atomic E-state index is 0.0419. The second-order valence-corrected chi connectivity index (χ2v) is 14.9. The second-order valence-electron chi connectivity index (χ2n) is 11.7. The molecule has 4 aromatic carbocycles. The maximum atomic E-state index is 14.6. The summed E-state index contributed by atoms with van der Waals surface area (Å²) >= 11 is 9.92. The van der Waals surface area contributed by atoms with Gasteiger partial charge in [0.2, 0.25) is 11.8 Å². The lowest BCUT2D eigenvalue weighted by Crippen LogP contribution is -2.53. The highest BCUT2D eigenvalue weighted by atomic mass is 79.9. The number of aryl methyl sites for hydroxylation is 1. The average Bonchev–Trinajstić information content (AvgIpc) is 3.03. The summed E-state index contributed by atoms with van der Waals surface area (Å²) in [6.45, 7) is 7.56. The predicted octanol–water partition coefficient (Wildman–Crippen LogP) is 7.33. The van der Waals surface area contributed by atoms with Gasteiger partial charge in [0.1, 0.15) is 12.6 Å². The molecule has 0 saturated carbocycles. The van der Waals surface area contributed by atoms with Crippen LogP contribution in [0.25, 0.3) is 0 Å². The highest BCUT2D eigenvalue weighted by molar-refractivity contribution is 9.10. The van der Waals surface area contributed by atoms with Crippen LogP contribution in [0.5, 0.6) is 0 Å². The summed E-state index contributed by atoms with van der Waals surface area (Å²) in [5.41, 5.74) is 3.36. The first-order chi connectivity index (χ1) is 21.9. The molecule has 0 aliphatic heterocycles. The van der Waals surface area contributed by atoms with Crippen molar-refractivity contribution in [1.82, 2.24) is 10.2 Å². The van der Waals surface area contributed by atoms with E-state index in [-0.39, 0.29) is 35.4 Å². The van der Waals surface area contributed by atoms with Crippen molar-refractivity contribution in [3.05, 3.63) is 129 Å². The zero-order valence-corrected chi connectivity index (χ0v) is 29.6. The number of nitrogens with zero attached hydrogens (tertiary/aromatic N) is 2. The fourth-order valence-electron chi connectivity index (χ4n) is 4.98. The standard InChI is InChI=1S/C36H39BrClN3O4S/c1-25(2)22-39-36(43)34(21-28-9-6-5-7-10-28)40(23-29-15-17-30(37)18-16-29)35(42)24-41(33-12-8-11-32(38)27(33)4)46(44,45)31-19-13-26(3)14-20-31/h5-20,25,34H,21-24H2,1-4H3,(H,39,43)/t34-/m1/s1. The highest BCUT2D eigenvalue weighted by Crippen LogP contribution is 2.31. The smallest absolute Gasteiger partial charge is 0.264 e. The van der Waals surface area contributed by atoms with Crippen LogP contribution in [0.1, 0.15) is 36.1 Å². The third-order valence-corrected chi connectivity index (χ3v) is 10.3. The van der Waals surface area contributed by atoms with Gasteiger partial charge in [0, 0.05) is 29.0 Å². The van der Waals surface area contributed by atoms with Crippen molar-refractivity contribution < 1.29 is 18.0 Å². The number of sulfonamides is 1. The number of carbonyl (C=O) groups excluding carboxylic acids is 2. The summed E-state index contributed by atoms with van der Waals surface area (Å²) in [6.07, 6.45) is 0.244. The topological polar surface area (TPSA) is 86.8 Å². The molecule has 0 saturated heterocycles. The fourth-order valence-corrected chi connectivity index (χ4v) is 6.89. The maximum Gasteiger partial charge on any atom is 0.264 e. The van der Waals surface area contributed by atoms with E-state index in [4.69, 9.17) is 11.6 Å². The monoisotopic (exact) mass is 723 g/mol. The second kappa shape index (κ2) is 15.8. The van der Waals surface area contributed by atoms with Crippen LogP contribution in [0.3, 0.4) is 0 Å². The number of benzene rings is 4. The summed E-state index contributed by atoms with van der Waals surface area (Å²) in [5.74, 6) is -0.647. The number of carbonyl (C=O) groups is 2. The van der Waals surface area contributed by atoms with E-state index >= 15 is 0 Å². The van der Waals surface area contributed by atoms with Crippen molar-refractivity contribution in [2.45, 2.75) is 51.6 Å². The molecule has 0 aromatic heterocycles. The molecule has 0 aliphatic rings. The lowest BCUT2D eigenvalue weighted by molar-refractivity contribution is -0.140. The van der Waals surface area contributed by atoms with Crippen LogP contribution in [0, 0.1) is 19.8 Å². The number of hydrogen-bond donors (Lipinski definition) is 1. The van der Waals surface area contributed by atoms with Crippen LogP contribution in [0.4, 0.5) is 5.69 Å². The van der Waals surface area contributed by atoms with Crippen molar-refractivity contribution >= 4 is 55.1 Å². The largest absolute Gasteiger partial charge is 0.354 e. The summed E-state index contributed by atoms with van der Waals surface area (Å²) in [6, 6.07) is 27.5. The molecule has 2 amide bonds. The maximum absolute atomic E-state index is 14.6. The zero-order chi connectivity index (χ0) is 33.4. The molecular weight excluding hydrogens is 686 g/mol. The fraction of sp³-hybridized carbons (Fsp3) is 0.278. The lowest BCUT2D eigenvalue weighted by Gasteiger charge is -2.34. The molecule has 4 aromatic rings. The molecule has 1 atom stereocenters. The number of nitrogens with one attached hydrogen (secondary N) is 1. The van der Waals surface area contributed by atoms with Gasteiger partial charge in [-0.2, -0.15) is 0 Å². The van der Waals surface area contributed by atoms with Gasteiger partial charge >= 0.3 is 0 Å². The van der Waals surface area contributed by atoms with Crippen LogP contribution >= 0.6 is 27.5 Å². The Morgan fingerprint density at radius 2 is 1.50 bits per heavy atom. The summed E-state index contributed by atoms with van der Waals surface area (Å²) in [7, 11) is -4.22. The predicted molar refractivity (Wildman–Crippen MR) is 188 cm³/mol. The average molecular weight is 725 g/mol. The van der Waals surface area contributed by atoms with Crippen molar-refractivity contribution in [2.75, 3.05) is 17.4 Å². The van der Waals surface area contributed by atoms with E-state index in [0.717, 1.165) is 25.5 Å². The molecule has 4 rings (SSSR count). The summed E-state index contributed by atoms with van der Waals surface area (Å²) in [4.78, 5) is 30.0. The van der Waals surface area contributed by atoms with Crippen LogP contribution in [0.2, 0.25) is 5.02 Å². The first-order valence-corrected chi connectivity index (χ1v) is 17.7. The van der Waals surface area contributed by atoms with E-state index in [1.807, 2.05) is 75.4 Å². The van der Waals surface area contributed by atoms with Gasteiger partial charge < -0.3 is 10.2 Å². The number of amides is 2. The molecule has 10 heteroatoms. The first-order valence-electron chi connectivity index (χ1n) is 15.1. The van der Waals surface area contributed by atoms with Gasteiger partial charge in [-0.3, -0.25) is 13.9 Å². The molecule has 0 fully saturated rings. The van der Waals surface area contributed by atoms with Crippen molar-refractivity contribution in [1.29, 1.82) is 0 Å². The number of hydrogen-bond acceptors (Lipinski definition) is 4. The molecule has 0 unspecified atom stereocenters. The Labute approximate surface area is 285 Å². The molecule has 0 aliphatic carbocycles. The molecule has 46 heavy (non-hydrogen) atoms. The first kappa shape index (κ1) is 35.2. The lowest BCUT2D eigenvalue weighted by atomic mass is 10.0. The SMILES string of the molecule is Cc1ccc(S(=O)(=O)N(CC(=O)N(Cc2ccc(Br)cc2)[C@H](Cc2ccccc2)C(=O)NCC(C)C)c2cccc(Cl)c2C)cc1. The van der Waals surface area contributed by atoms with Crippen LogP contribution in [-0.4, -0.2) is 44.3 Å². The van der Waals surface area contributed by atoms with Crippen molar-refractivity contribution in [3.8, 4) is 0 Å². The van der Waals surface area contributed by atoms with E-state index in [2.05, 4.69) is 21.2 Å². The van der Waals surface area contributed by atoms with Gasteiger partial charge in [-0.05, 0) is 72.9 Å². The minimum atomic E-state index is -4.22. The van der Waals surface area contributed by atoms with Crippen LogP contribution < -0.4 is 9.62 Å². The van der Waals surface area contributed by atoms with E-state index in [0.29, 0.717) is 17.1 Å². The Bertz CT molecular complexity index is 1750. The Balaban J connectivity index is 1.82. The molecule has 242 valence electrons. The van der Waals surface area contributed by atoms with E-state index < -0.39 is 28.5 Å². The summed E-state index contributed by atoms with van der Waals surface area (Å²) in [5, 5.41) is 3.38. The summed E-state index contributed by atoms with van der Waals surface area (Å²) < 4.78 is 30.5. The number of halogens is 2. The Morgan fingerprint density at radius 3 is 2.13 bits per heavy atom. The molecule has 7 nitrogen and oxygen atoms in total. The van der Waals surface area contributed by atoms with Gasteiger partial charge in [0.25, 0.3) is 10.0 Å². The molecule has 0 heterocycles. The van der Waals surface area contributed by atoms with E-state index in [1.54, 1.807) is 37.3 Å². The molecular formula is C36H39BrClN3O4S. The Morgan fingerprint density at radius 1 is 0.848 bits per heavy atom. The van der Waals surface area contributed by atoms with Gasteiger partial charge in [-0.25, -0.2) is 8.42 Å². The number of rotatable bonds is 13. The molecule has 0 spiro atoms. The quantitative estimate of drug-likeness (QED) is 0.157. The third kappa shape index (κ3) is 8.99. The van der Waals surface area contributed by atoms with Gasteiger partial charge in [0.15, 0.2) is 0 Å². The van der Waals surface area contributed by atoms with Crippen LogP contribution in [0.15, 0.2) is 106 Å². The molecule has 0 radical (unpaired) electrons.